The Kier molecular flexibility index (Phi) is 4.39. The summed E-state index contributed by atoms with van der Waals surface area (Å²) in [5.74, 6) is -0.444. The van der Waals surface area contributed by atoms with Crippen molar-refractivity contribution in [2.45, 2.75) is 19.8 Å². The third-order valence-electron chi connectivity index (χ3n) is 3.00. The molecule has 0 atom stereocenters. The van der Waals surface area contributed by atoms with E-state index in [1.54, 1.807) is 13.0 Å². The Morgan fingerprint density at radius 3 is 3.05 bits per heavy atom. The van der Waals surface area contributed by atoms with Crippen molar-refractivity contribution in [1.29, 1.82) is 0 Å². The molecule has 0 saturated carbocycles. The van der Waals surface area contributed by atoms with E-state index in [0.29, 0.717) is 18.7 Å². The van der Waals surface area contributed by atoms with Gasteiger partial charge in [0.15, 0.2) is 0 Å². The lowest BCUT2D eigenvalue weighted by Crippen LogP contribution is -2.26. The second-order valence-electron chi connectivity index (χ2n) is 4.36. The van der Waals surface area contributed by atoms with Crippen LogP contribution in [0.3, 0.4) is 0 Å². The van der Waals surface area contributed by atoms with Crippen LogP contribution < -0.4 is 10.6 Å². The largest absolute Gasteiger partial charge is 0.466 e. The molecule has 1 amide bonds. The van der Waals surface area contributed by atoms with Gasteiger partial charge in [0.1, 0.15) is 0 Å². The third-order valence-corrected chi connectivity index (χ3v) is 3.00. The molecule has 19 heavy (non-hydrogen) atoms. The summed E-state index contributed by atoms with van der Waals surface area (Å²) in [4.78, 5) is 23.0. The summed E-state index contributed by atoms with van der Waals surface area (Å²) >= 11 is 0. The first-order chi connectivity index (χ1) is 9.20. The van der Waals surface area contributed by atoms with Crippen molar-refractivity contribution < 1.29 is 14.3 Å². The minimum atomic E-state index is -0.291. The number of hydrogen-bond acceptors (Lipinski definition) is 4. The molecule has 5 heteroatoms. The summed E-state index contributed by atoms with van der Waals surface area (Å²) in [6.45, 7) is 3.34. The standard InChI is InChI=1S/C14H18N2O3/c1-2-19-13(17)6-8-16-14(18)11-3-4-12-10(9-11)5-7-15-12/h3-4,9,15H,2,5-8H2,1H3,(H,16,18). The van der Waals surface area contributed by atoms with E-state index >= 15 is 0 Å². The SMILES string of the molecule is CCOC(=O)CCNC(=O)c1ccc2c(c1)CCN2. The molecule has 1 aromatic rings. The van der Waals surface area contributed by atoms with Crippen molar-refractivity contribution in [1.82, 2.24) is 5.32 Å². The van der Waals surface area contributed by atoms with E-state index in [2.05, 4.69) is 10.6 Å². The quantitative estimate of drug-likeness (QED) is 0.786. The van der Waals surface area contributed by atoms with Gasteiger partial charge in [0.05, 0.1) is 13.0 Å². The second kappa shape index (κ2) is 6.22. The molecule has 0 aliphatic carbocycles. The normalized spacial score (nSPS) is 12.5. The number of carbonyl (C=O) groups is 2. The number of ether oxygens (including phenoxy) is 1. The number of rotatable bonds is 5. The van der Waals surface area contributed by atoms with Gasteiger partial charge in [-0.2, -0.15) is 0 Å². The summed E-state index contributed by atoms with van der Waals surface area (Å²) < 4.78 is 4.79. The monoisotopic (exact) mass is 262 g/mol. The van der Waals surface area contributed by atoms with Crippen LogP contribution in [0.4, 0.5) is 5.69 Å². The predicted octanol–water partition coefficient (Wildman–Crippen LogP) is 1.34. The number of amides is 1. The van der Waals surface area contributed by atoms with Crippen LogP contribution in [0.15, 0.2) is 18.2 Å². The molecular formula is C14H18N2O3. The average Bonchev–Trinajstić information content (AvgIpc) is 2.86. The summed E-state index contributed by atoms with van der Waals surface area (Å²) in [7, 11) is 0. The molecule has 1 aromatic carbocycles. The number of fused-ring (bicyclic) bond motifs is 1. The van der Waals surface area contributed by atoms with Gasteiger partial charge in [0.2, 0.25) is 0 Å². The minimum Gasteiger partial charge on any atom is -0.466 e. The number of esters is 1. The zero-order chi connectivity index (χ0) is 13.7. The Bertz CT molecular complexity index is 486. The number of nitrogens with one attached hydrogen (secondary N) is 2. The molecule has 0 fully saturated rings. The van der Waals surface area contributed by atoms with Gasteiger partial charge in [-0.15, -0.1) is 0 Å². The number of anilines is 1. The van der Waals surface area contributed by atoms with E-state index in [1.165, 1.54) is 0 Å². The first kappa shape index (κ1) is 13.4. The summed E-state index contributed by atoms with van der Waals surface area (Å²) in [6, 6.07) is 5.61. The number of benzene rings is 1. The Morgan fingerprint density at radius 2 is 2.26 bits per heavy atom. The molecule has 0 unspecified atom stereocenters. The highest BCUT2D eigenvalue weighted by molar-refractivity contribution is 5.95. The Labute approximate surface area is 112 Å². The first-order valence-electron chi connectivity index (χ1n) is 6.51. The predicted molar refractivity (Wildman–Crippen MR) is 72.2 cm³/mol. The van der Waals surface area contributed by atoms with E-state index in [-0.39, 0.29) is 18.3 Å². The van der Waals surface area contributed by atoms with Gasteiger partial charge >= 0.3 is 5.97 Å². The molecule has 0 bridgehead atoms. The number of hydrogen-bond donors (Lipinski definition) is 2. The molecule has 102 valence electrons. The minimum absolute atomic E-state index is 0.154. The fraction of sp³-hybridized carbons (Fsp3) is 0.429. The van der Waals surface area contributed by atoms with Gasteiger partial charge in [0, 0.05) is 24.3 Å². The van der Waals surface area contributed by atoms with Crippen LogP contribution in [0.5, 0.6) is 0 Å². The maximum Gasteiger partial charge on any atom is 0.307 e. The average molecular weight is 262 g/mol. The molecule has 0 saturated heterocycles. The van der Waals surface area contributed by atoms with E-state index in [4.69, 9.17) is 4.74 Å². The molecule has 1 aliphatic heterocycles. The van der Waals surface area contributed by atoms with Crippen LogP contribution in [-0.4, -0.2) is 31.6 Å². The van der Waals surface area contributed by atoms with E-state index in [1.807, 2.05) is 12.1 Å². The molecule has 0 radical (unpaired) electrons. The fourth-order valence-electron chi connectivity index (χ4n) is 2.06. The maximum atomic E-state index is 11.9. The number of carbonyl (C=O) groups excluding carboxylic acids is 2. The molecule has 2 rings (SSSR count). The van der Waals surface area contributed by atoms with Gasteiger partial charge < -0.3 is 15.4 Å². The summed E-state index contributed by atoms with van der Waals surface area (Å²) in [6.07, 6.45) is 1.14. The van der Waals surface area contributed by atoms with Crippen molar-refractivity contribution in [2.75, 3.05) is 25.0 Å². The molecular weight excluding hydrogens is 244 g/mol. The highest BCUT2D eigenvalue weighted by atomic mass is 16.5. The Hall–Kier alpha value is -2.04. The first-order valence-corrected chi connectivity index (χ1v) is 6.51. The van der Waals surface area contributed by atoms with Crippen LogP contribution in [0, 0.1) is 0 Å². The van der Waals surface area contributed by atoms with Gasteiger partial charge in [-0.25, -0.2) is 0 Å². The third kappa shape index (κ3) is 3.47. The highest BCUT2D eigenvalue weighted by Crippen LogP contribution is 2.22. The van der Waals surface area contributed by atoms with Gasteiger partial charge in [-0.05, 0) is 37.1 Å². The summed E-state index contributed by atoms with van der Waals surface area (Å²) in [5.41, 5.74) is 2.90. The van der Waals surface area contributed by atoms with Crippen molar-refractivity contribution in [2.24, 2.45) is 0 Å². The van der Waals surface area contributed by atoms with Crippen LogP contribution in [0.2, 0.25) is 0 Å². The van der Waals surface area contributed by atoms with Crippen molar-refractivity contribution in [3.05, 3.63) is 29.3 Å². The Balaban J connectivity index is 1.85. The molecule has 1 aliphatic rings. The highest BCUT2D eigenvalue weighted by Gasteiger charge is 2.13. The van der Waals surface area contributed by atoms with Crippen LogP contribution in [-0.2, 0) is 16.0 Å². The molecule has 2 N–H and O–H groups in total. The zero-order valence-electron chi connectivity index (χ0n) is 11.0. The van der Waals surface area contributed by atoms with E-state index in [0.717, 1.165) is 24.2 Å². The topological polar surface area (TPSA) is 67.4 Å². The fourth-order valence-corrected chi connectivity index (χ4v) is 2.06. The van der Waals surface area contributed by atoms with Crippen LogP contribution in [0.1, 0.15) is 29.3 Å². The van der Waals surface area contributed by atoms with Gasteiger partial charge in [-0.1, -0.05) is 0 Å². The molecule has 0 spiro atoms. The van der Waals surface area contributed by atoms with Crippen LogP contribution in [0.25, 0.3) is 0 Å². The van der Waals surface area contributed by atoms with Gasteiger partial charge in [-0.3, -0.25) is 9.59 Å². The van der Waals surface area contributed by atoms with Crippen molar-refractivity contribution in [3.8, 4) is 0 Å². The lowest BCUT2D eigenvalue weighted by Gasteiger charge is -2.06. The maximum absolute atomic E-state index is 11.9. The molecule has 0 aromatic heterocycles. The van der Waals surface area contributed by atoms with E-state index < -0.39 is 0 Å². The van der Waals surface area contributed by atoms with Crippen LogP contribution >= 0.6 is 0 Å². The molecule has 1 heterocycles. The van der Waals surface area contributed by atoms with Crippen molar-refractivity contribution in [3.63, 3.8) is 0 Å². The lowest BCUT2D eigenvalue weighted by molar-refractivity contribution is -0.142. The van der Waals surface area contributed by atoms with E-state index in [9.17, 15) is 9.59 Å². The smallest absolute Gasteiger partial charge is 0.307 e. The summed E-state index contributed by atoms with van der Waals surface area (Å²) in [5, 5.41) is 5.96. The molecule has 5 nitrogen and oxygen atoms in total. The lowest BCUT2D eigenvalue weighted by atomic mass is 10.1. The zero-order valence-corrected chi connectivity index (χ0v) is 11.0. The second-order valence-corrected chi connectivity index (χ2v) is 4.36. The Morgan fingerprint density at radius 1 is 1.42 bits per heavy atom. The van der Waals surface area contributed by atoms with Crippen molar-refractivity contribution >= 4 is 17.6 Å². The van der Waals surface area contributed by atoms with Gasteiger partial charge in [0.25, 0.3) is 5.91 Å².